The van der Waals surface area contributed by atoms with Crippen LogP contribution in [0.1, 0.15) is 13.3 Å². The molecule has 0 aliphatic rings. The number of hydrogen-bond acceptors (Lipinski definition) is 6. The molecule has 0 aromatic heterocycles. The van der Waals surface area contributed by atoms with Crippen LogP contribution in [-0.2, 0) is 28.5 Å². The largest absolute Gasteiger partial charge is 0.379 e. The molecule has 2 amide bonds. The van der Waals surface area contributed by atoms with Crippen molar-refractivity contribution in [2.75, 3.05) is 59.4 Å². The number of primary amides is 1. The van der Waals surface area contributed by atoms with E-state index in [2.05, 4.69) is 5.32 Å². The quantitative estimate of drug-likeness (QED) is 0.378. The van der Waals surface area contributed by atoms with Crippen LogP contribution in [0.25, 0.3) is 0 Å². The van der Waals surface area contributed by atoms with Crippen LogP contribution in [0.2, 0.25) is 0 Å². The molecule has 3 N–H and O–H groups in total. The van der Waals surface area contributed by atoms with E-state index in [0.29, 0.717) is 59.4 Å². The molecule has 0 rings (SSSR count). The summed E-state index contributed by atoms with van der Waals surface area (Å²) in [5.41, 5.74) is 4.96. The Bertz CT molecular complexity index is 249. The number of nitrogens with two attached hydrogens (primary N) is 1. The first-order valence-electron chi connectivity index (χ1n) is 6.96. The number of amides is 2. The topological polar surface area (TPSA) is 109 Å². The molecule has 0 aromatic carbocycles. The van der Waals surface area contributed by atoms with Gasteiger partial charge in [-0.1, -0.05) is 0 Å². The minimum atomic E-state index is -0.372. The molecule has 0 atom stereocenters. The summed E-state index contributed by atoms with van der Waals surface area (Å²) in [5, 5.41) is 2.63. The third-order valence-corrected chi connectivity index (χ3v) is 2.23. The summed E-state index contributed by atoms with van der Waals surface area (Å²) >= 11 is 0. The van der Waals surface area contributed by atoms with Crippen LogP contribution in [-0.4, -0.2) is 71.2 Å². The number of hydrogen-bond donors (Lipinski definition) is 2. The van der Waals surface area contributed by atoms with Crippen LogP contribution < -0.4 is 11.1 Å². The van der Waals surface area contributed by atoms with Gasteiger partial charge in [0.2, 0.25) is 11.8 Å². The van der Waals surface area contributed by atoms with Crippen molar-refractivity contribution in [3.63, 3.8) is 0 Å². The summed E-state index contributed by atoms with van der Waals surface area (Å²) in [6, 6.07) is 0. The van der Waals surface area contributed by atoms with Crippen LogP contribution in [0.4, 0.5) is 0 Å². The monoisotopic (exact) mass is 306 g/mol. The molecule has 21 heavy (non-hydrogen) atoms. The summed E-state index contributed by atoms with van der Waals surface area (Å²) < 4.78 is 20.9. The average Bonchev–Trinajstić information content (AvgIpc) is 2.42. The van der Waals surface area contributed by atoms with Crippen molar-refractivity contribution in [2.24, 2.45) is 5.73 Å². The molecule has 0 spiro atoms. The van der Waals surface area contributed by atoms with Gasteiger partial charge in [0.25, 0.3) is 0 Å². The second kappa shape index (κ2) is 15.2. The maximum absolute atomic E-state index is 10.6. The van der Waals surface area contributed by atoms with E-state index in [0.717, 1.165) is 0 Å². The first kappa shape index (κ1) is 19.8. The molecule has 8 heteroatoms. The van der Waals surface area contributed by atoms with Gasteiger partial charge >= 0.3 is 0 Å². The van der Waals surface area contributed by atoms with Crippen molar-refractivity contribution in [3.8, 4) is 0 Å². The summed E-state index contributed by atoms with van der Waals surface area (Å²) in [6.07, 6.45) is 0.227. The number of rotatable bonds is 15. The Kier molecular flexibility index (Phi) is 14.3. The van der Waals surface area contributed by atoms with E-state index in [4.69, 9.17) is 24.7 Å². The fraction of sp³-hybridized carbons (Fsp3) is 0.846. The maximum Gasteiger partial charge on any atom is 0.219 e. The highest BCUT2D eigenvalue weighted by Crippen LogP contribution is 1.84. The van der Waals surface area contributed by atoms with Crippen molar-refractivity contribution in [3.05, 3.63) is 0 Å². The Balaban J connectivity index is 2.99. The normalized spacial score (nSPS) is 10.5. The highest BCUT2D eigenvalue weighted by molar-refractivity contribution is 5.73. The lowest BCUT2D eigenvalue weighted by Gasteiger charge is -2.07. The molecule has 0 fully saturated rings. The molecule has 0 radical (unpaired) electrons. The lowest BCUT2D eigenvalue weighted by Crippen LogP contribution is -2.25. The predicted octanol–water partition coefficient (Wildman–Crippen LogP) is -0.936. The standard InChI is InChI=1S/C13H26N2O6/c1-12(16)15-3-5-19-7-9-21-11-10-20-8-6-18-4-2-13(14)17/h2-11H2,1H3,(H2,14,17)(H,15,16). The Morgan fingerprint density at radius 2 is 1.24 bits per heavy atom. The molecule has 8 nitrogen and oxygen atoms in total. The van der Waals surface area contributed by atoms with Gasteiger partial charge in [-0.2, -0.15) is 0 Å². The van der Waals surface area contributed by atoms with Gasteiger partial charge in [0, 0.05) is 19.9 Å². The lowest BCUT2D eigenvalue weighted by molar-refractivity contribution is -0.120. The van der Waals surface area contributed by atoms with Gasteiger partial charge in [0.05, 0.1) is 52.9 Å². The van der Waals surface area contributed by atoms with Gasteiger partial charge < -0.3 is 30.0 Å². The molecule has 0 heterocycles. The van der Waals surface area contributed by atoms with Gasteiger partial charge in [-0.25, -0.2) is 0 Å². The Labute approximate surface area is 125 Å². The molecule has 0 aromatic rings. The summed E-state index contributed by atoms with van der Waals surface area (Å²) in [4.78, 5) is 21.0. The summed E-state index contributed by atoms with van der Waals surface area (Å²) in [5.74, 6) is -0.436. The molecule has 0 saturated heterocycles. The van der Waals surface area contributed by atoms with Crippen LogP contribution in [0.3, 0.4) is 0 Å². The smallest absolute Gasteiger partial charge is 0.219 e. The Morgan fingerprint density at radius 3 is 1.67 bits per heavy atom. The number of carbonyl (C=O) groups excluding carboxylic acids is 2. The fourth-order valence-electron chi connectivity index (χ4n) is 1.23. The van der Waals surface area contributed by atoms with Crippen LogP contribution >= 0.6 is 0 Å². The first-order valence-corrected chi connectivity index (χ1v) is 6.96. The van der Waals surface area contributed by atoms with Crippen molar-refractivity contribution in [1.29, 1.82) is 0 Å². The van der Waals surface area contributed by atoms with E-state index in [1.807, 2.05) is 0 Å². The highest BCUT2D eigenvalue weighted by Gasteiger charge is 1.95. The molecular formula is C13H26N2O6. The van der Waals surface area contributed by atoms with Crippen molar-refractivity contribution >= 4 is 11.8 Å². The molecule has 124 valence electrons. The number of nitrogens with one attached hydrogen (secondary N) is 1. The Morgan fingerprint density at radius 1 is 0.810 bits per heavy atom. The number of carbonyl (C=O) groups is 2. The molecule has 0 bridgehead atoms. The third kappa shape index (κ3) is 18.8. The summed E-state index contributed by atoms with van der Waals surface area (Å²) in [6.45, 7) is 5.58. The first-order chi connectivity index (χ1) is 10.1. The van der Waals surface area contributed by atoms with Crippen molar-refractivity contribution in [2.45, 2.75) is 13.3 Å². The van der Waals surface area contributed by atoms with Gasteiger partial charge in [-0.05, 0) is 0 Å². The molecule has 0 aliphatic carbocycles. The molecule has 0 unspecified atom stereocenters. The predicted molar refractivity (Wildman–Crippen MR) is 75.8 cm³/mol. The van der Waals surface area contributed by atoms with Crippen LogP contribution in [0, 0.1) is 0 Å². The number of ether oxygens (including phenoxy) is 4. The summed E-state index contributed by atoms with van der Waals surface area (Å²) in [7, 11) is 0. The average molecular weight is 306 g/mol. The van der Waals surface area contributed by atoms with E-state index < -0.39 is 0 Å². The zero-order valence-electron chi connectivity index (χ0n) is 12.6. The SMILES string of the molecule is CC(=O)NCCOCCOCCOCCOCCC(N)=O. The zero-order valence-corrected chi connectivity index (χ0v) is 12.6. The minimum absolute atomic E-state index is 0.0643. The highest BCUT2D eigenvalue weighted by atomic mass is 16.6. The van der Waals surface area contributed by atoms with E-state index in [9.17, 15) is 9.59 Å². The molecule has 0 aliphatic heterocycles. The Hall–Kier alpha value is -1.22. The van der Waals surface area contributed by atoms with Crippen molar-refractivity contribution < 1.29 is 28.5 Å². The van der Waals surface area contributed by atoms with Gasteiger partial charge in [-0.15, -0.1) is 0 Å². The fourth-order valence-corrected chi connectivity index (χ4v) is 1.23. The van der Waals surface area contributed by atoms with Crippen LogP contribution in [0.5, 0.6) is 0 Å². The van der Waals surface area contributed by atoms with E-state index in [1.165, 1.54) is 6.92 Å². The van der Waals surface area contributed by atoms with E-state index >= 15 is 0 Å². The molecule has 0 saturated carbocycles. The van der Waals surface area contributed by atoms with Gasteiger partial charge in [0.1, 0.15) is 0 Å². The van der Waals surface area contributed by atoms with Crippen molar-refractivity contribution in [1.82, 2.24) is 5.32 Å². The van der Waals surface area contributed by atoms with E-state index in [-0.39, 0.29) is 18.2 Å². The maximum atomic E-state index is 10.6. The third-order valence-electron chi connectivity index (χ3n) is 2.23. The van der Waals surface area contributed by atoms with Gasteiger partial charge in [0.15, 0.2) is 0 Å². The van der Waals surface area contributed by atoms with E-state index in [1.54, 1.807) is 0 Å². The lowest BCUT2D eigenvalue weighted by atomic mass is 10.4. The van der Waals surface area contributed by atoms with Gasteiger partial charge in [-0.3, -0.25) is 9.59 Å². The molecular weight excluding hydrogens is 280 g/mol. The second-order valence-electron chi connectivity index (χ2n) is 4.15. The minimum Gasteiger partial charge on any atom is -0.379 e. The zero-order chi connectivity index (χ0) is 15.8. The second-order valence-corrected chi connectivity index (χ2v) is 4.15. The van der Waals surface area contributed by atoms with Crippen LogP contribution in [0.15, 0.2) is 0 Å².